The number of rotatable bonds is 5. The number of likely N-dealkylation sites (tertiary alicyclic amines) is 1. The van der Waals surface area contributed by atoms with Crippen LogP contribution in [0.4, 0.5) is 16.4 Å². The quantitative estimate of drug-likeness (QED) is 0.599. The van der Waals surface area contributed by atoms with Gasteiger partial charge in [0.25, 0.3) is 0 Å². The van der Waals surface area contributed by atoms with E-state index in [1.54, 1.807) is 13.8 Å². The summed E-state index contributed by atoms with van der Waals surface area (Å²) < 4.78 is 32.3. The third-order valence-electron chi connectivity index (χ3n) is 7.65. The summed E-state index contributed by atoms with van der Waals surface area (Å²) >= 11 is 0. The molecule has 2 amide bonds. The van der Waals surface area contributed by atoms with Crippen LogP contribution in [0.1, 0.15) is 59.2 Å². The van der Waals surface area contributed by atoms with E-state index in [9.17, 15) is 18.4 Å². The van der Waals surface area contributed by atoms with Gasteiger partial charge in [-0.15, -0.1) is 0 Å². The summed E-state index contributed by atoms with van der Waals surface area (Å²) in [4.78, 5) is 15.2. The van der Waals surface area contributed by atoms with Crippen molar-refractivity contribution in [3.8, 4) is 0 Å². The van der Waals surface area contributed by atoms with Gasteiger partial charge in [-0.2, -0.15) is 17.2 Å². The molecule has 1 aromatic carbocycles. The lowest BCUT2D eigenvalue weighted by atomic mass is 9.99. The summed E-state index contributed by atoms with van der Waals surface area (Å²) in [6.07, 6.45) is 6.79. The molecule has 1 aliphatic heterocycles. The highest BCUT2D eigenvalue weighted by molar-refractivity contribution is 7.86. The molecule has 190 valence electrons. The predicted octanol–water partition coefficient (Wildman–Crippen LogP) is 2.03. The molecule has 2 heterocycles. The third kappa shape index (κ3) is 4.24. The first-order chi connectivity index (χ1) is 16.7. The minimum atomic E-state index is -4.71. The number of piperidine rings is 1. The van der Waals surface area contributed by atoms with Crippen molar-refractivity contribution in [1.29, 1.82) is 0 Å². The molecule has 0 saturated carbocycles. The van der Waals surface area contributed by atoms with E-state index < -0.39 is 26.8 Å². The number of aryl methyl sites for hydroxylation is 3. The predicted molar refractivity (Wildman–Crippen MR) is 132 cm³/mol. The second-order valence-corrected chi connectivity index (χ2v) is 11.7. The Morgan fingerprint density at radius 1 is 1.17 bits per heavy atom. The van der Waals surface area contributed by atoms with Gasteiger partial charge in [0.05, 0.1) is 17.4 Å². The van der Waals surface area contributed by atoms with E-state index in [-0.39, 0.29) is 5.88 Å². The van der Waals surface area contributed by atoms with E-state index >= 15 is 0 Å². The zero-order valence-electron chi connectivity index (χ0n) is 20.5. The van der Waals surface area contributed by atoms with Crippen LogP contribution in [0.2, 0.25) is 0 Å². The minimum Gasteiger partial charge on any atom is -0.608 e. The van der Waals surface area contributed by atoms with E-state index in [1.807, 2.05) is 11.9 Å². The molecule has 0 radical (unpaired) electrons. The molecule has 2 unspecified atom stereocenters. The number of carbonyl (C=O) groups excluding carboxylic acids is 1. The second-order valence-electron chi connectivity index (χ2n) is 10.0. The summed E-state index contributed by atoms with van der Waals surface area (Å²) in [7, 11) is -2.81. The van der Waals surface area contributed by atoms with Gasteiger partial charge in [0.1, 0.15) is 0 Å². The average Bonchev–Trinajstić information content (AvgIpc) is 3.55. The number of quaternary nitrogens is 1. The highest BCUT2D eigenvalue weighted by Gasteiger charge is 2.43. The van der Waals surface area contributed by atoms with Crippen molar-refractivity contribution in [2.24, 2.45) is 0 Å². The van der Waals surface area contributed by atoms with Gasteiger partial charge in [-0.1, -0.05) is 11.2 Å². The molecule has 2 aliphatic carbocycles. The van der Waals surface area contributed by atoms with Crippen molar-refractivity contribution in [2.45, 2.75) is 71.3 Å². The standard InChI is InChI=1S/C24H33N5O5S/c1-15-16(2)26-34-23(15)28(19-9-6-12-27(3)14-19)35(32,33)29(31)24(30)25-22-20-10-4-7-17(20)13-18-8-5-11-21(18)22/h13,19,29H,4-12,14H2,1-3H3,(H,25,30). The van der Waals surface area contributed by atoms with Crippen LogP contribution in [-0.2, 0) is 35.9 Å². The second kappa shape index (κ2) is 9.20. The Labute approximate surface area is 206 Å². The van der Waals surface area contributed by atoms with E-state index in [1.165, 1.54) is 11.1 Å². The Morgan fingerprint density at radius 3 is 2.40 bits per heavy atom. The Hall–Kier alpha value is -2.47. The Balaban J connectivity index is 1.48. The monoisotopic (exact) mass is 503 g/mol. The van der Waals surface area contributed by atoms with Gasteiger partial charge in [0, 0.05) is 12.1 Å². The van der Waals surface area contributed by atoms with Crippen LogP contribution in [0.5, 0.6) is 0 Å². The molecule has 5 rings (SSSR count). The highest BCUT2D eigenvalue weighted by atomic mass is 32.2. The fourth-order valence-electron chi connectivity index (χ4n) is 5.75. The van der Waals surface area contributed by atoms with Crippen molar-refractivity contribution in [2.75, 3.05) is 29.8 Å². The number of urea groups is 1. The largest absolute Gasteiger partial charge is 0.608 e. The smallest absolute Gasteiger partial charge is 0.436 e. The number of nitrogens with zero attached hydrogens (tertiary/aromatic N) is 3. The number of nitrogens with one attached hydrogen (secondary N) is 2. The van der Waals surface area contributed by atoms with E-state index in [4.69, 9.17) is 4.52 Å². The molecule has 10 nitrogen and oxygen atoms in total. The number of hydrogen-bond acceptors (Lipinski definition) is 7. The number of fused-ring (bicyclic) bond motifs is 2. The average molecular weight is 504 g/mol. The molecule has 2 N–H and O–H groups in total. The number of benzene rings is 1. The number of amides is 2. The number of carbonyl (C=O) groups is 1. The molecular weight excluding hydrogens is 470 g/mol. The van der Waals surface area contributed by atoms with Gasteiger partial charge in [-0.25, -0.2) is 4.79 Å². The van der Waals surface area contributed by atoms with Crippen molar-refractivity contribution >= 4 is 27.8 Å². The molecule has 2 aromatic rings. The van der Waals surface area contributed by atoms with Crippen LogP contribution in [0.15, 0.2) is 10.6 Å². The maximum absolute atomic E-state index is 13.7. The molecule has 35 heavy (non-hydrogen) atoms. The van der Waals surface area contributed by atoms with Crippen LogP contribution in [0.3, 0.4) is 0 Å². The van der Waals surface area contributed by atoms with Gasteiger partial charge in [-0.3, -0.25) is 5.32 Å². The maximum atomic E-state index is 13.7. The molecule has 1 aromatic heterocycles. The molecule has 1 fully saturated rings. The fraction of sp³-hybridized carbons (Fsp3) is 0.583. The van der Waals surface area contributed by atoms with Crippen LogP contribution in [-0.4, -0.2) is 50.7 Å². The molecule has 0 bridgehead atoms. The van der Waals surface area contributed by atoms with Crippen LogP contribution < -0.4 is 14.1 Å². The Kier molecular flexibility index (Phi) is 6.37. The van der Waals surface area contributed by atoms with E-state index in [0.29, 0.717) is 29.9 Å². The molecule has 2 atom stereocenters. The van der Waals surface area contributed by atoms with Crippen LogP contribution in [0, 0.1) is 19.1 Å². The van der Waals surface area contributed by atoms with Crippen molar-refractivity contribution in [3.63, 3.8) is 0 Å². The first kappa shape index (κ1) is 24.2. The number of likely N-dealkylation sites (N-methyl/N-ethyl adjacent to an activating group) is 1. The summed E-state index contributed by atoms with van der Waals surface area (Å²) in [6.45, 7) is 4.67. The minimum absolute atomic E-state index is 0.00504. The van der Waals surface area contributed by atoms with Gasteiger partial charge in [0.15, 0.2) is 0 Å². The zero-order valence-corrected chi connectivity index (χ0v) is 21.3. The Bertz CT molecular complexity index is 1230. The molecule has 0 spiro atoms. The van der Waals surface area contributed by atoms with Gasteiger partial charge < -0.3 is 14.6 Å². The number of hydroxylamine groups is 1. The van der Waals surface area contributed by atoms with Gasteiger partial charge >= 0.3 is 16.2 Å². The molecular formula is C24H33N5O5S. The summed E-state index contributed by atoms with van der Waals surface area (Å²) in [5.41, 5.74) is 6.18. The topological polar surface area (TPSA) is 123 Å². The number of hydrogen-bond donors (Lipinski definition) is 2. The molecule has 11 heteroatoms. The highest BCUT2D eigenvalue weighted by Crippen LogP contribution is 2.38. The van der Waals surface area contributed by atoms with Crippen LogP contribution >= 0.6 is 0 Å². The normalized spacial score (nSPS) is 21.0. The van der Waals surface area contributed by atoms with E-state index in [2.05, 4.69) is 16.5 Å². The van der Waals surface area contributed by atoms with E-state index in [0.717, 1.165) is 66.9 Å². The first-order valence-corrected chi connectivity index (χ1v) is 13.8. The SMILES string of the molecule is Cc1noc(N(C2CCCN(C)C2)S(=O)(=O)[NH+]([O-])C(=O)Nc2c3c(cc4c2CCC4)CCC3)c1C. The van der Waals surface area contributed by atoms with Gasteiger partial charge in [-0.05, 0) is 101 Å². The first-order valence-electron chi connectivity index (χ1n) is 12.4. The van der Waals surface area contributed by atoms with Crippen molar-refractivity contribution in [3.05, 3.63) is 44.8 Å². The number of anilines is 2. The summed E-state index contributed by atoms with van der Waals surface area (Å²) in [6, 6.07) is 0.559. The molecule has 1 saturated heterocycles. The van der Waals surface area contributed by atoms with Crippen LogP contribution in [0.25, 0.3) is 0 Å². The zero-order chi connectivity index (χ0) is 24.9. The third-order valence-corrected chi connectivity index (χ3v) is 9.29. The lowest BCUT2D eigenvalue weighted by Gasteiger charge is -2.37. The maximum Gasteiger partial charge on any atom is 0.436 e. The lowest BCUT2D eigenvalue weighted by molar-refractivity contribution is -0.604. The Morgan fingerprint density at radius 2 is 1.83 bits per heavy atom. The summed E-state index contributed by atoms with van der Waals surface area (Å²) in [5.74, 6) is 0.00504. The fourth-order valence-corrected chi connectivity index (χ4v) is 7.17. The summed E-state index contributed by atoms with van der Waals surface area (Å²) in [5, 5.41) is 20.0. The van der Waals surface area contributed by atoms with Crippen molar-refractivity contribution < 1.29 is 22.2 Å². The lowest BCUT2D eigenvalue weighted by Crippen LogP contribution is -3.14. The number of aromatic nitrogens is 1. The van der Waals surface area contributed by atoms with Gasteiger partial charge in [0.2, 0.25) is 5.88 Å². The molecule has 3 aliphatic rings. The van der Waals surface area contributed by atoms with Crippen molar-refractivity contribution in [1.82, 2.24) is 10.1 Å².